The Labute approximate surface area is 179 Å². The molecular formula is C21H23Cl2NO3S. The van der Waals surface area contributed by atoms with E-state index in [0.717, 1.165) is 18.6 Å². The molecule has 0 spiro atoms. The zero-order valence-corrected chi connectivity index (χ0v) is 17.9. The van der Waals surface area contributed by atoms with E-state index in [2.05, 4.69) is 5.32 Å². The lowest BCUT2D eigenvalue weighted by Gasteiger charge is -2.18. The van der Waals surface area contributed by atoms with Crippen LogP contribution in [0.25, 0.3) is 0 Å². The number of halogens is 2. The van der Waals surface area contributed by atoms with Gasteiger partial charge in [-0.15, -0.1) is 0 Å². The summed E-state index contributed by atoms with van der Waals surface area (Å²) in [7, 11) is 0. The molecule has 2 aromatic carbocycles. The van der Waals surface area contributed by atoms with Gasteiger partial charge in [0.15, 0.2) is 0 Å². The molecule has 0 heterocycles. The molecule has 0 saturated carbocycles. The Hall–Kier alpha value is -1.69. The monoisotopic (exact) mass is 439 g/mol. The van der Waals surface area contributed by atoms with Gasteiger partial charge < -0.3 is 10.1 Å². The van der Waals surface area contributed by atoms with E-state index in [9.17, 15) is 9.59 Å². The van der Waals surface area contributed by atoms with Crippen molar-refractivity contribution in [2.75, 3.05) is 18.6 Å². The molecule has 0 aliphatic carbocycles. The lowest BCUT2D eigenvalue weighted by atomic mass is 10.1. The number of carbonyl (C=O) groups is 2. The van der Waals surface area contributed by atoms with E-state index in [1.807, 2.05) is 36.6 Å². The van der Waals surface area contributed by atoms with Crippen LogP contribution in [0.5, 0.6) is 0 Å². The Morgan fingerprint density at radius 1 is 1.14 bits per heavy atom. The Bertz CT molecular complexity index is 786. The van der Waals surface area contributed by atoms with E-state index >= 15 is 0 Å². The third kappa shape index (κ3) is 7.38. The van der Waals surface area contributed by atoms with Crippen LogP contribution in [-0.2, 0) is 16.0 Å². The highest BCUT2D eigenvalue weighted by molar-refractivity contribution is 7.98. The minimum Gasteiger partial charge on any atom is -0.464 e. The summed E-state index contributed by atoms with van der Waals surface area (Å²) in [6.45, 7) is 0.307. The van der Waals surface area contributed by atoms with Crippen molar-refractivity contribution < 1.29 is 14.3 Å². The van der Waals surface area contributed by atoms with Crippen molar-refractivity contribution >= 4 is 46.8 Å². The minimum absolute atomic E-state index is 0.241. The Kier molecular flexibility index (Phi) is 9.68. The van der Waals surface area contributed by atoms with Gasteiger partial charge >= 0.3 is 5.97 Å². The molecule has 7 heteroatoms. The molecule has 150 valence electrons. The second kappa shape index (κ2) is 12.0. The zero-order chi connectivity index (χ0) is 20.4. The third-order valence-electron chi connectivity index (χ3n) is 4.07. The summed E-state index contributed by atoms with van der Waals surface area (Å²) in [6.07, 6.45) is 3.98. The number of benzene rings is 2. The van der Waals surface area contributed by atoms with Crippen LogP contribution in [0.4, 0.5) is 0 Å². The summed E-state index contributed by atoms with van der Waals surface area (Å²) in [5, 5.41) is 3.42. The molecule has 0 saturated heterocycles. The normalized spacial score (nSPS) is 11.7. The van der Waals surface area contributed by atoms with Crippen molar-refractivity contribution in [3.8, 4) is 0 Å². The highest BCUT2D eigenvalue weighted by Crippen LogP contribution is 2.21. The van der Waals surface area contributed by atoms with E-state index in [1.165, 1.54) is 17.7 Å². The summed E-state index contributed by atoms with van der Waals surface area (Å²) < 4.78 is 5.39. The average Bonchev–Trinajstić information content (AvgIpc) is 2.69. The zero-order valence-electron chi connectivity index (χ0n) is 15.6. The van der Waals surface area contributed by atoms with E-state index in [4.69, 9.17) is 27.9 Å². The van der Waals surface area contributed by atoms with Crippen molar-refractivity contribution in [2.45, 2.75) is 25.3 Å². The molecule has 2 aromatic rings. The molecule has 1 N–H and O–H groups in total. The Balaban J connectivity index is 1.89. The van der Waals surface area contributed by atoms with Gasteiger partial charge in [-0.3, -0.25) is 4.79 Å². The average molecular weight is 440 g/mol. The van der Waals surface area contributed by atoms with Gasteiger partial charge in [0.05, 0.1) is 17.2 Å². The molecule has 4 nitrogen and oxygen atoms in total. The predicted molar refractivity (Wildman–Crippen MR) is 116 cm³/mol. The van der Waals surface area contributed by atoms with Crippen LogP contribution in [0, 0.1) is 0 Å². The molecule has 0 aliphatic heterocycles. The number of hydrogen-bond acceptors (Lipinski definition) is 4. The fourth-order valence-corrected chi connectivity index (χ4v) is 3.55. The fourth-order valence-electron chi connectivity index (χ4n) is 2.59. The van der Waals surface area contributed by atoms with Gasteiger partial charge in [0.2, 0.25) is 0 Å². The highest BCUT2D eigenvalue weighted by atomic mass is 35.5. The Morgan fingerprint density at radius 3 is 2.57 bits per heavy atom. The second-order valence-corrected chi connectivity index (χ2v) is 8.02. The van der Waals surface area contributed by atoms with Gasteiger partial charge in [-0.2, -0.15) is 11.8 Å². The van der Waals surface area contributed by atoms with Crippen molar-refractivity contribution in [2.24, 2.45) is 0 Å². The molecule has 0 fully saturated rings. The van der Waals surface area contributed by atoms with Gasteiger partial charge in [0.25, 0.3) is 5.91 Å². The molecule has 28 heavy (non-hydrogen) atoms. The molecule has 0 aliphatic rings. The molecule has 0 aromatic heterocycles. The number of amides is 1. The van der Waals surface area contributed by atoms with Crippen molar-refractivity contribution in [3.05, 3.63) is 69.7 Å². The lowest BCUT2D eigenvalue weighted by molar-refractivity contribution is -0.146. The summed E-state index contributed by atoms with van der Waals surface area (Å²) in [5.41, 5.74) is 1.47. The van der Waals surface area contributed by atoms with Crippen LogP contribution in [0.2, 0.25) is 10.0 Å². The number of ether oxygens (including phenoxy) is 1. The van der Waals surface area contributed by atoms with Gasteiger partial charge in [0, 0.05) is 5.02 Å². The van der Waals surface area contributed by atoms with Gasteiger partial charge in [-0.25, -0.2) is 4.79 Å². The highest BCUT2D eigenvalue weighted by Gasteiger charge is 2.23. The summed E-state index contributed by atoms with van der Waals surface area (Å²) in [4.78, 5) is 25.0. The van der Waals surface area contributed by atoms with Crippen molar-refractivity contribution in [1.82, 2.24) is 5.32 Å². The number of hydrogen-bond donors (Lipinski definition) is 1. The van der Waals surface area contributed by atoms with E-state index in [0.29, 0.717) is 18.1 Å². The number of esters is 1. The summed E-state index contributed by atoms with van der Waals surface area (Å²) in [6, 6.07) is 13.9. The van der Waals surface area contributed by atoms with Gasteiger partial charge in [-0.1, -0.05) is 53.5 Å². The predicted octanol–water partition coefficient (Wildman–Crippen LogP) is 5.02. The standard InChI is InChI=1S/C21H23Cl2NO3S/c1-28-13-11-19(24-20(25)17-10-9-16(22)14-18(17)23)21(26)27-12-5-8-15-6-3-2-4-7-15/h2-4,6-7,9-10,14,19H,5,8,11-13H2,1H3,(H,24,25). The van der Waals surface area contributed by atoms with E-state index in [-0.39, 0.29) is 10.6 Å². The number of aryl methyl sites for hydroxylation is 1. The maximum absolute atomic E-state index is 12.5. The SMILES string of the molecule is CSCCC(NC(=O)c1ccc(Cl)cc1Cl)C(=O)OCCCc1ccccc1. The molecule has 1 unspecified atom stereocenters. The number of thioether (sulfide) groups is 1. The first kappa shape index (κ1) is 22.6. The number of nitrogens with one attached hydrogen (secondary N) is 1. The van der Waals surface area contributed by atoms with E-state index < -0.39 is 17.9 Å². The van der Waals surface area contributed by atoms with E-state index in [1.54, 1.807) is 17.8 Å². The lowest BCUT2D eigenvalue weighted by Crippen LogP contribution is -2.42. The largest absolute Gasteiger partial charge is 0.464 e. The van der Waals surface area contributed by atoms with Crippen LogP contribution in [-0.4, -0.2) is 36.5 Å². The first-order valence-corrected chi connectivity index (χ1v) is 11.1. The topological polar surface area (TPSA) is 55.4 Å². The van der Waals surface area contributed by atoms with Crippen molar-refractivity contribution in [3.63, 3.8) is 0 Å². The second-order valence-electron chi connectivity index (χ2n) is 6.19. The number of rotatable bonds is 10. The van der Waals surface area contributed by atoms with Crippen LogP contribution in [0.15, 0.2) is 48.5 Å². The summed E-state index contributed by atoms with van der Waals surface area (Å²) >= 11 is 13.6. The maximum atomic E-state index is 12.5. The fraction of sp³-hybridized carbons (Fsp3) is 0.333. The smallest absolute Gasteiger partial charge is 0.328 e. The quantitative estimate of drug-likeness (QED) is 0.416. The first-order valence-electron chi connectivity index (χ1n) is 8.96. The van der Waals surface area contributed by atoms with Crippen LogP contribution < -0.4 is 5.32 Å². The number of carbonyl (C=O) groups excluding carboxylic acids is 2. The molecule has 1 atom stereocenters. The first-order chi connectivity index (χ1) is 13.5. The molecule has 1 amide bonds. The molecule has 2 rings (SSSR count). The summed E-state index contributed by atoms with van der Waals surface area (Å²) in [5.74, 6) is -0.132. The molecule has 0 radical (unpaired) electrons. The molecular weight excluding hydrogens is 417 g/mol. The Morgan fingerprint density at radius 2 is 1.89 bits per heavy atom. The van der Waals surface area contributed by atoms with Gasteiger partial charge in [-0.05, 0) is 55.0 Å². The third-order valence-corrected chi connectivity index (χ3v) is 5.26. The van der Waals surface area contributed by atoms with Crippen LogP contribution >= 0.6 is 35.0 Å². The maximum Gasteiger partial charge on any atom is 0.328 e. The van der Waals surface area contributed by atoms with Crippen LogP contribution in [0.1, 0.15) is 28.8 Å². The van der Waals surface area contributed by atoms with Gasteiger partial charge in [0.1, 0.15) is 6.04 Å². The minimum atomic E-state index is -0.719. The van der Waals surface area contributed by atoms with Crippen molar-refractivity contribution in [1.29, 1.82) is 0 Å². The van der Waals surface area contributed by atoms with Crippen LogP contribution in [0.3, 0.4) is 0 Å². The molecule has 0 bridgehead atoms.